The van der Waals surface area contributed by atoms with Gasteiger partial charge in [0.1, 0.15) is 0 Å². The lowest BCUT2D eigenvalue weighted by Gasteiger charge is -2.03. The Morgan fingerprint density at radius 2 is 2.08 bits per heavy atom. The number of aromatic nitrogens is 1. The first-order chi connectivity index (χ1) is 5.54. The number of carboxylic acids is 1. The van der Waals surface area contributed by atoms with Gasteiger partial charge in [-0.05, 0) is 13.0 Å². The molecule has 2 N–H and O–H groups in total. The van der Waals surface area contributed by atoms with E-state index in [-0.39, 0.29) is 11.3 Å². The van der Waals surface area contributed by atoms with Crippen LogP contribution in [-0.2, 0) is 0 Å². The van der Waals surface area contributed by atoms with E-state index >= 15 is 0 Å². The van der Waals surface area contributed by atoms with Crippen molar-refractivity contribution in [2.24, 2.45) is 0 Å². The first-order valence-electron chi connectivity index (χ1n) is 3.19. The van der Waals surface area contributed by atoms with E-state index in [1.165, 1.54) is 6.92 Å². The summed E-state index contributed by atoms with van der Waals surface area (Å²) in [5.41, 5.74) is -0.704. The predicted octanol–water partition coefficient (Wildman–Crippen LogP) is 0.0922. The first kappa shape index (κ1) is 8.32. The molecule has 1 aromatic heterocycles. The van der Waals surface area contributed by atoms with Crippen LogP contribution in [0.3, 0.4) is 0 Å². The highest BCUT2D eigenvalue weighted by Gasteiger charge is 2.10. The van der Waals surface area contributed by atoms with Crippen LogP contribution in [0.15, 0.2) is 16.9 Å². The lowest BCUT2D eigenvalue weighted by atomic mass is 10.2. The van der Waals surface area contributed by atoms with Crippen molar-refractivity contribution in [3.05, 3.63) is 33.7 Å². The Morgan fingerprint density at radius 3 is 2.58 bits per heavy atom. The summed E-state index contributed by atoms with van der Waals surface area (Å²) in [4.78, 5) is 21.2. The molecule has 0 aliphatic carbocycles. The van der Waals surface area contributed by atoms with Gasteiger partial charge in [0.2, 0.25) is 0 Å². The number of nitrogens with zero attached hydrogens (tertiary/aromatic N) is 1. The highest BCUT2D eigenvalue weighted by atomic mass is 16.5. The fourth-order valence-corrected chi connectivity index (χ4v) is 0.851. The first-order valence-corrected chi connectivity index (χ1v) is 3.19. The normalized spacial score (nSPS) is 9.75. The van der Waals surface area contributed by atoms with Crippen LogP contribution in [0.2, 0.25) is 0 Å². The molecule has 1 rings (SSSR count). The third-order valence-corrected chi connectivity index (χ3v) is 1.54. The van der Waals surface area contributed by atoms with Gasteiger partial charge in [-0.25, -0.2) is 4.79 Å². The molecule has 0 amide bonds. The van der Waals surface area contributed by atoms with E-state index in [4.69, 9.17) is 10.3 Å². The predicted molar refractivity (Wildman–Crippen MR) is 39.6 cm³/mol. The average molecular weight is 169 g/mol. The number of rotatable bonds is 1. The molecule has 1 heterocycles. The van der Waals surface area contributed by atoms with Gasteiger partial charge >= 0.3 is 5.97 Å². The van der Waals surface area contributed by atoms with E-state index < -0.39 is 11.5 Å². The molecule has 0 aliphatic rings. The van der Waals surface area contributed by atoms with E-state index in [1.54, 1.807) is 0 Å². The highest BCUT2D eigenvalue weighted by molar-refractivity contribution is 5.88. The molecule has 0 radical (unpaired) electrons. The second-order valence-corrected chi connectivity index (χ2v) is 2.29. The summed E-state index contributed by atoms with van der Waals surface area (Å²) < 4.78 is 0.309. The van der Waals surface area contributed by atoms with Gasteiger partial charge in [0.15, 0.2) is 0 Å². The van der Waals surface area contributed by atoms with Crippen molar-refractivity contribution in [2.75, 3.05) is 0 Å². The standard InChI is InChI=1S/C7H7NO4/c1-4-5(7(10)11)2-3-6(9)8(4)12/h2-3,12H,1H3,(H,10,11). The van der Waals surface area contributed by atoms with Crippen LogP contribution in [0.1, 0.15) is 16.1 Å². The fourth-order valence-electron chi connectivity index (χ4n) is 0.851. The van der Waals surface area contributed by atoms with Crippen molar-refractivity contribution in [3.63, 3.8) is 0 Å². The molecule has 0 atom stereocenters. The van der Waals surface area contributed by atoms with Crippen LogP contribution in [0, 0.1) is 6.92 Å². The van der Waals surface area contributed by atoms with Crippen molar-refractivity contribution < 1.29 is 15.1 Å². The van der Waals surface area contributed by atoms with E-state index in [0.29, 0.717) is 4.73 Å². The summed E-state index contributed by atoms with van der Waals surface area (Å²) in [6, 6.07) is 2.16. The van der Waals surface area contributed by atoms with Crippen molar-refractivity contribution in [3.8, 4) is 0 Å². The lowest BCUT2D eigenvalue weighted by Crippen LogP contribution is -2.21. The molecule has 64 valence electrons. The SMILES string of the molecule is Cc1c(C(=O)O)ccc(=O)n1O. The number of hydrogen-bond donors (Lipinski definition) is 2. The molecule has 0 saturated carbocycles. The molecule has 0 aliphatic heterocycles. The molecule has 0 aromatic carbocycles. The van der Waals surface area contributed by atoms with Gasteiger partial charge in [-0.15, -0.1) is 0 Å². The van der Waals surface area contributed by atoms with Gasteiger partial charge in [-0.3, -0.25) is 4.79 Å². The molecule has 0 fully saturated rings. The number of hydrogen-bond acceptors (Lipinski definition) is 3. The maximum Gasteiger partial charge on any atom is 0.337 e. The molecule has 0 spiro atoms. The van der Waals surface area contributed by atoms with Gasteiger partial charge in [-0.2, -0.15) is 4.73 Å². The smallest absolute Gasteiger partial charge is 0.337 e. The lowest BCUT2D eigenvalue weighted by molar-refractivity contribution is 0.0688. The van der Waals surface area contributed by atoms with Crippen LogP contribution >= 0.6 is 0 Å². The Labute approximate surface area is 67.5 Å². The summed E-state index contributed by atoms with van der Waals surface area (Å²) in [6.07, 6.45) is 0. The van der Waals surface area contributed by atoms with Gasteiger partial charge < -0.3 is 10.3 Å². The third kappa shape index (κ3) is 1.16. The molecule has 1 aromatic rings. The quantitative estimate of drug-likeness (QED) is 0.584. The zero-order valence-electron chi connectivity index (χ0n) is 6.31. The van der Waals surface area contributed by atoms with Crippen molar-refractivity contribution in [2.45, 2.75) is 6.92 Å². The Hall–Kier alpha value is -1.78. The molecule has 12 heavy (non-hydrogen) atoms. The van der Waals surface area contributed by atoms with Crippen molar-refractivity contribution >= 4 is 5.97 Å². The number of carboxylic acid groups (broad SMARTS) is 1. The zero-order valence-corrected chi connectivity index (χ0v) is 6.31. The largest absolute Gasteiger partial charge is 0.478 e. The summed E-state index contributed by atoms with van der Waals surface area (Å²) in [7, 11) is 0. The maximum absolute atomic E-state index is 10.7. The Bertz CT molecular complexity index is 379. The van der Waals surface area contributed by atoms with Crippen LogP contribution in [-0.4, -0.2) is 21.0 Å². The minimum absolute atomic E-state index is 0.0231. The summed E-state index contributed by atoms with van der Waals surface area (Å²) >= 11 is 0. The Morgan fingerprint density at radius 1 is 1.50 bits per heavy atom. The van der Waals surface area contributed by atoms with Crippen LogP contribution < -0.4 is 5.56 Å². The number of carbonyl (C=O) groups is 1. The average Bonchev–Trinajstić information content (AvgIpc) is 2.00. The van der Waals surface area contributed by atoms with Crippen LogP contribution in [0.4, 0.5) is 0 Å². The minimum Gasteiger partial charge on any atom is -0.478 e. The van der Waals surface area contributed by atoms with E-state index in [2.05, 4.69) is 0 Å². The summed E-state index contributed by atoms with van der Waals surface area (Å²) in [5, 5.41) is 17.5. The molecule has 0 bridgehead atoms. The monoisotopic (exact) mass is 169 g/mol. The van der Waals surface area contributed by atoms with E-state index in [1.807, 2.05) is 0 Å². The summed E-state index contributed by atoms with van der Waals surface area (Å²) in [6.45, 7) is 1.35. The second kappa shape index (κ2) is 2.69. The highest BCUT2D eigenvalue weighted by Crippen LogP contribution is 2.02. The maximum atomic E-state index is 10.7. The van der Waals surface area contributed by atoms with Crippen molar-refractivity contribution in [1.82, 2.24) is 4.73 Å². The Kier molecular flexibility index (Phi) is 1.86. The van der Waals surface area contributed by atoms with Gasteiger partial charge in [0, 0.05) is 6.07 Å². The Balaban J connectivity index is 3.47. The van der Waals surface area contributed by atoms with Crippen LogP contribution in [0.25, 0.3) is 0 Å². The molecular weight excluding hydrogens is 162 g/mol. The van der Waals surface area contributed by atoms with Gasteiger partial charge in [-0.1, -0.05) is 0 Å². The number of aromatic carboxylic acids is 1. The zero-order chi connectivity index (χ0) is 9.30. The van der Waals surface area contributed by atoms with Gasteiger partial charge in [0.25, 0.3) is 5.56 Å². The molecule has 0 saturated heterocycles. The van der Waals surface area contributed by atoms with Crippen molar-refractivity contribution in [1.29, 1.82) is 0 Å². The summed E-state index contributed by atoms with van der Waals surface area (Å²) in [5.74, 6) is -1.17. The molecule has 0 unspecified atom stereocenters. The fraction of sp³-hybridized carbons (Fsp3) is 0.143. The minimum atomic E-state index is -1.17. The van der Waals surface area contributed by atoms with Crippen LogP contribution in [0.5, 0.6) is 0 Å². The third-order valence-electron chi connectivity index (χ3n) is 1.54. The molecular formula is C7H7NO4. The second-order valence-electron chi connectivity index (χ2n) is 2.29. The molecule has 5 nitrogen and oxygen atoms in total. The number of pyridine rings is 1. The van der Waals surface area contributed by atoms with E-state index in [0.717, 1.165) is 12.1 Å². The topological polar surface area (TPSA) is 79.5 Å². The van der Waals surface area contributed by atoms with E-state index in [9.17, 15) is 9.59 Å². The molecule has 5 heteroatoms. The van der Waals surface area contributed by atoms with Gasteiger partial charge in [0.05, 0.1) is 11.3 Å².